The first-order valence-electron chi connectivity index (χ1n) is 7.67. The number of carboxylic acids is 1. The summed E-state index contributed by atoms with van der Waals surface area (Å²) in [5.41, 5.74) is -0.0803. The lowest BCUT2D eigenvalue weighted by molar-refractivity contribution is -0.156. The van der Waals surface area contributed by atoms with Crippen LogP contribution < -0.4 is 0 Å². The maximum Gasteiger partial charge on any atom is 0.353 e. The van der Waals surface area contributed by atoms with Crippen LogP contribution in [0, 0.1) is 5.92 Å². The number of aliphatic hydroxyl groups is 1. The van der Waals surface area contributed by atoms with E-state index in [9.17, 15) is 19.8 Å². The Morgan fingerprint density at radius 3 is 2.43 bits per heavy atom. The number of hydrogen-bond acceptors (Lipinski definition) is 5. The van der Waals surface area contributed by atoms with Crippen molar-refractivity contribution in [1.82, 2.24) is 4.90 Å². The third-order valence-electron chi connectivity index (χ3n) is 4.99. The van der Waals surface area contributed by atoms with Crippen LogP contribution in [0.5, 0.6) is 0 Å². The van der Waals surface area contributed by atoms with Crippen LogP contribution in [-0.4, -0.2) is 53.4 Å². The van der Waals surface area contributed by atoms with E-state index in [4.69, 9.17) is 4.43 Å². The maximum absolute atomic E-state index is 12.5. The zero-order chi connectivity index (χ0) is 17.7. The Morgan fingerprint density at radius 1 is 1.43 bits per heavy atom. The first-order chi connectivity index (χ1) is 10.4. The van der Waals surface area contributed by atoms with Gasteiger partial charge in [-0.05, 0) is 25.1 Å². The number of thioether (sulfide) groups is 1. The van der Waals surface area contributed by atoms with Crippen LogP contribution in [0.1, 0.15) is 27.7 Å². The predicted octanol–water partition coefficient (Wildman–Crippen LogP) is 2.22. The van der Waals surface area contributed by atoms with Crippen molar-refractivity contribution in [1.29, 1.82) is 0 Å². The largest absolute Gasteiger partial charge is 0.477 e. The SMILES string of the molecule is CC(O[Si](C)(C)C(C)(C)C)C1C(=O)N2C(C(=O)O)=C(CO)SC12. The van der Waals surface area contributed by atoms with Crippen molar-refractivity contribution in [3.63, 3.8) is 0 Å². The molecule has 0 aromatic heterocycles. The highest BCUT2D eigenvalue weighted by Gasteiger charge is 2.58. The van der Waals surface area contributed by atoms with Gasteiger partial charge in [0.2, 0.25) is 5.91 Å². The number of aliphatic carboxylic acids is 1. The minimum atomic E-state index is -2.01. The molecule has 2 aliphatic heterocycles. The Kier molecular flexibility index (Phi) is 4.75. The van der Waals surface area contributed by atoms with Crippen molar-refractivity contribution in [3.05, 3.63) is 10.6 Å². The average Bonchev–Trinajstić information content (AvgIpc) is 2.71. The van der Waals surface area contributed by atoms with Crippen molar-refractivity contribution in [3.8, 4) is 0 Å². The number of carbonyl (C=O) groups excluding carboxylic acids is 1. The molecule has 0 aromatic rings. The monoisotopic (exact) mass is 359 g/mol. The van der Waals surface area contributed by atoms with Crippen LogP contribution in [-0.2, 0) is 14.0 Å². The van der Waals surface area contributed by atoms with Gasteiger partial charge in [0, 0.05) is 4.91 Å². The molecule has 2 rings (SSSR count). The van der Waals surface area contributed by atoms with Gasteiger partial charge in [-0.25, -0.2) is 4.79 Å². The van der Waals surface area contributed by atoms with Gasteiger partial charge < -0.3 is 14.6 Å². The molecule has 1 fully saturated rings. The number of β-lactam (4-membered cyclic amide) rings is 1. The van der Waals surface area contributed by atoms with E-state index >= 15 is 0 Å². The van der Waals surface area contributed by atoms with Crippen molar-refractivity contribution in [2.75, 3.05) is 6.61 Å². The number of fused-ring (bicyclic) bond motifs is 1. The molecule has 1 saturated heterocycles. The second-order valence-corrected chi connectivity index (χ2v) is 13.5. The summed E-state index contributed by atoms with van der Waals surface area (Å²) in [7, 11) is -2.01. The molecule has 2 aliphatic rings. The molecule has 1 amide bonds. The van der Waals surface area contributed by atoms with Crippen LogP contribution in [0.4, 0.5) is 0 Å². The van der Waals surface area contributed by atoms with E-state index in [1.54, 1.807) is 0 Å². The summed E-state index contributed by atoms with van der Waals surface area (Å²) >= 11 is 1.26. The molecule has 2 N–H and O–H groups in total. The zero-order valence-electron chi connectivity index (χ0n) is 14.4. The maximum atomic E-state index is 12.5. The molecule has 6 nitrogen and oxygen atoms in total. The summed E-state index contributed by atoms with van der Waals surface area (Å²) in [6.45, 7) is 12.2. The van der Waals surface area contributed by atoms with Gasteiger partial charge in [-0.1, -0.05) is 32.5 Å². The molecule has 2 heterocycles. The van der Waals surface area contributed by atoms with E-state index in [0.717, 1.165) is 0 Å². The second kappa shape index (κ2) is 5.91. The van der Waals surface area contributed by atoms with Gasteiger partial charge in [-0.2, -0.15) is 0 Å². The molecule has 0 aromatic carbocycles. The van der Waals surface area contributed by atoms with E-state index < -0.39 is 14.3 Å². The van der Waals surface area contributed by atoms with Crippen molar-refractivity contribution in [2.24, 2.45) is 5.92 Å². The summed E-state index contributed by atoms with van der Waals surface area (Å²) in [6.07, 6.45) is -0.273. The molecule has 0 spiro atoms. The smallest absolute Gasteiger partial charge is 0.353 e. The summed E-state index contributed by atoms with van der Waals surface area (Å²) in [5, 5.41) is 18.4. The Morgan fingerprint density at radius 2 is 2.00 bits per heavy atom. The summed E-state index contributed by atoms with van der Waals surface area (Å²) in [5.74, 6) is -1.77. The number of aliphatic hydroxyl groups excluding tert-OH is 1. The summed E-state index contributed by atoms with van der Waals surface area (Å²) in [6, 6.07) is 0. The fourth-order valence-electron chi connectivity index (χ4n) is 2.67. The van der Waals surface area contributed by atoms with Crippen LogP contribution in [0.2, 0.25) is 18.1 Å². The van der Waals surface area contributed by atoms with E-state index in [0.29, 0.717) is 4.91 Å². The Balaban J connectivity index is 2.15. The Hall–Kier alpha value is -0.833. The Bertz CT molecular complexity index is 569. The third kappa shape index (κ3) is 2.97. The number of carbonyl (C=O) groups is 2. The first kappa shape index (κ1) is 18.5. The first-order valence-corrected chi connectivity index (χ1v) is 11.5. The number of rotatable bonds is 5. The zero-order valence-corrected chi connectivity index (χ0v) is 16.2. The van der Waals surface area contributed by atoms with Crippen molar-refractivity contribution >= 4 is 32.0 Å². The second-order valence-electron chi connectivity index (χ2n) is 7.56. The van der Waals surface area contributed by atoms with E-state index in [1.807, 2.05) is 6.92 Å². The van der Waals surface area contributed by atoms with Gasteiger partial charge in [0.15, 0.2) is 8.32 Å². The van der Waals surface area contributed by atoms with Crippen LogP contribution in [0.15, 0.2) is 10.6 Å². The summed E-state index contributed by atoms with van der Waals surface area (Å²) < 4.78 is 6.30. The van der Waals surface area contributed by atoms with Gasteiger partial charge in [0.05, 0.1) is 18.6 Å². The quantitative estimate of drug-likeness (QED) is 0.578. The van der Waals surface area contributed by atoms with E-state index in [-0.39, 0.29) is 40.6 Å². The highest BCUT2D eigenvalue weighted by Crippen LogP contribution is 2.51. The van der Waals surface area contributed by atoms with Gasteiger partial charge in [0.1, 0.15) is 11.1 Å². The molecule has 0 radical (unpaired) electrons. The molecule has 130 valence electrons. The predicted molar refractivity (Wildman–Crippen MR) is 91.2 cm³/mol. The molecule has 23 heavy (non-hydrogen) atoms. The topological polar surface area (TPSA) is 87.1 Å². The van der Waals surface area contributed by atoms with Gasteiger partial charge in [0.25, 0.3) is 0 Å². The fourth-order valence-corrected chi connectivity index (χ4v) is 5.56. The highest BCUT2D eigenvalue weighted by atomic mass is 32.2. The molecule has 0 bridgehead atoms. The number of hydrogen-bond donors (Lipinski definition) is 2. The molecule has 0 saturated carbocycles. The van der Waals surface area contributed by atoms with Crippen molar-refractivity contribution in [2.45, 2.75) is 57.3 Å². The number of carboxylic acid groups (broad SMARTS) is 1. The van der Waals surface area contributed by atoms with Crippen LogP contribution >= 0.6 is 11.8 Å². The molecular weight excluding hydrogens is 334 g/mol. The molecular formula is C15H25NO5SSi. The van der Waals surface area contributed by atoms with E-state index in [1.165, 1.54) is 16.7 Å². The fraction of sp³-hybridized carbons (Fsp3) is 0.733. The minimum Gasteiger partial charge on any atom is -0.477 e. The minimum absolute atomic E-state index is 0.0390. The third-order valence-corrected chi connectivity index (χ3v) is 10.9. The van der Waals surface area contributed by atoms with Gasteiger partial charge in [-0.15, -0.1) is 0 Å². The summed E-state index contributed by atoms with van der Waals surface area (Å²) in [4.78, 5) is 25.4. The average molecular weight is 360 g/mol. The van der Waals surface area contributed by atoms with Crippen molar-refractivity contribution < 1.29 is 24.2 Å². The molecule has 0 aliphatic carbocycles. The standard InChI is InChI=1S/C15H25NO5SSi/c1-8(21-23(5,6)15(2,3)4)10-12(18)16-11(14(19)20)9(7-17)22-13(10)16/h8,10,13,17H,7H2,1-6H3,(H,19,20). The Labute approximate surface area is 142 Å². The lowest BCUT2D eigenvalue weighted by atomic mass is 9.92. The molecule has 3 atom stereocenters. The molecule has 8 heteroatoms. The van der Waals surface area contributed by atoms with Gasteiger partial charge >= 0.3 is 5.97 Å². The lowest BCUT2D eigenvalue weighted by Crippen LogP contribution is -2.62. The lowest BCUT2D eigenvalue weighted by Gasteiger charge is -2.48. The molecule has 3 unspecified atom stereocenters. The number of nitrogens with zero attached hydrogens (tertiary/aromatic N) is 1. The van der Waals surface area contributed by atoms with Crippen LogP contribution in [0.3, 0.4) is 0 Å². The highest BCUT2D eigenvalue weighted by molar-refractivity contribution is 8.04. The van der Waals surface area contributed by atoms with Gasteiger partial charge in [-0.3, -0.25) is 9.69 Å². The number of amides is 1. The normalized spacial score (nSPS) is 26.2. The van der Waals surface area contributed by atoms with E-state index in [2.05, 4.69) is 33.9 Å². The van der Waals surface area contributed by atoms with Crippen LogP contribution in [0.25, 0.3) is 0 Å².